The smallest absolute Gasteiger partial charge is 0.178 e. The first kappa shape index (κ1) is 13.0. The molecular formula is C13H15N5OS. The highest BCUT2D eigenvalue weighted by Crippen LogP contribution is 2.23. The normalized spacial score (nSPS) is 14.3. The molecule has 20 heavy (non-hydrogen) atoms. The fourth-order valence-corrected chi connectivity index (χ4v) is 2.71. The summed E-state index contributed by atoms with van der Waals surface area (Å²) in [6, 6.07) is 5.59. The molecule has 1 atom stereocenters. The van der Waals surface area contributed by atoms with Gasteiger partial charge in [-0.3, -0.25) is 0 Å². The Balaban J connectivity index is 1.78. The molecule has 0 radical (unpaired) electrons. The first-order valence-electron chi connectivity index (χ1n) is 6.24. The lowest BCUT2D eigenvalue weighted by molar-refractivity contribution is 0.0719. The Bertz CT molecular complexity index is 720. The van der Waals surface area contributed by atoms with Gasteiger partial charge in [-0.05, 0) is 48.4 Å². The fourth-order valence-electron chi connectivity index (χ4n) is 1.93. The molecule has 0 aliphatic heterocycles. The summed E-state index contributed by atoms with van der Waals surface area (Å²) in [5.41, 5.74) is 0.674. The topological polar surface area (TPSA) is 75.3 Å². The molecule has 3 rings (SSSR count). The van der Waals surface area contributed by atoms with Crippen molar-refractivity contribution in [2.45, 2.75) is 19.4 Å². The number of thiophene rings is 1. The van der Waals surface area contributed by atoms with Gasteiger partial charge in [0.2, 0.25) is 0 Å². The van der Waals surface area contributed by atoms with Crippen LogP contribution in [0.15, 0.2) is 29.0 Å². The van der Waals surface area contributed by atoms with Crippen molar-refractivity contribution in [1.29, 1.82) is 0 Å². The zero-order valence-electron chi connectivity index (χ0n) is 11.2. The third-order valence-corrected chi connectivity index (χ3v) is 3.86. The van der Waals surface area contributed by atoms with Crippen LogP contribution in [0.4, 0.5) is 5.82 Å². The van der Waals surface area contributed by atoms with E-state index in [1.807, 2.05) is 35.9 Å². The molecule has 3 heterocycles. The number of anilines is 1. The summed E-state index contributed by atoms with van der Waals surface area (Å²) in [4.78, 5) is 0. The SMILES string of the molecule is Cc1nnc2ccc(NC[C@@](C)(O)c3ccsc3)nn12. The lowest BCUT2D eigenvalue weighted by Gasteiger charge is -2.23. The molecule has 0 bridgehead atoms. The van der Waals surface area contributed by atoms with Crippen molar-refractivity contribution >= 4 is 22.8 Å². The molecule has 7 heteroatoms. The van der Waals surface area contributed by atoms with Crippen LogP contribution in [0, 0.1) is 6.92 Å². The first-order valence-corrected chi connectivity index (χ1v) is 7.18. The second-order valence-corrected chi connectivity index (χ2v) is 5.66. The van der Waals surface area contributed by atoms with Gasteiger partial charge in [-0.2, -0.15) is 15.9 Å². The van der Waals surface area contributed by atoms with Crippen molar-refractivity contribution < 1.29 is 5.11 Å². The Morgan fingerprint density at radius 2 is 2.20 bits per heavy atom. The maximum Gasteiger partial charge on any atom is 0.178 e. The number of hydrogen-bond donors (Lipinski definition) is 2. The largest absolute Gasteiger partial charge is 0.384 e. The first-order chi connectivity index (χ1) is 9.56. The molecule has 0 aromatic carbocycles. The molecule has 0 unspecified atom stereocenters. The Hall–Kier alpha value is -1.99. The minimum Gasteiger partial charge on any atom is -0.384 e. The van der Waals surface area contributed by atoms with Crippen LogP contribution < -0.4 is 5.32 Å². The van der Waals surface area contributed by atoms with Gasteiger partial charge in [-0.25, -0.2) is 0 Å². The van der Waals surface area contributed by atoms with Crippen LogP contribution in [0.2, 0.25) is 0 Å². The lowest BCUT2D eigenvalue weighted by atomic mass is 9.99. The van der Waals surface area contributed by atoms with Gasteiger partial charge >= 0.3 is 0 Å². The summed E-state index contributed by atoms with van der Waals surface area (Å²) in [6.07, 6.45) is 0. The molecule has 6 nitrogen and oxygen atoms in total. The number of aliphatic hydroxyl groups is 1. The average molecular weight is 289 g/mol. The zero-order valence-corrected chi connectivity index (χ0v) is 12.1. The van der Waals surface area contributed by atoms with E-state index in [4.69, 9.17) is 0 Å². The summed E-state index contributed by atoms with van der Waals surface area (Å²) in [5, 5.41) is 29.8. The molecule has 3 aromatic rings. The molecule has 0 saturated heterocycles. The molecule has 3 aromatic heterocycles. The van der Waals surface area contributed by atoms with Crippen LogP contribution in [-0.4, -0.2) is 31.5 Å². The fraction of sp³-hybridized carbons (Fsp3) is 0.308. The minimum atomic E-state index is -0.932. The van der Waals surface area contributed by atoms with Gasteiger partial charge in [-0.15, -0.1) is 15.3 Å². The number of aromatic nitrogens is 4. The van der Waals surface area contributed by atoms with E-state index in [1.54, 1.807) is 22.8 Å². The number of aryl methyl sites for hydroxylation is 1. The molecule has 104 valence electrons. The van der Waals surface area contributed by atoms with E-state index in [-0.39, 0.29) is 0 Å². The molecule has 2 N–H and O–H groups in total. The van der Waals surface area contributed by atoms with E-state index >= 15 is 0 Å². The highest BCUT2D eigenvalue weighted by Gasteiger charge is 2.23. The van der Waals surface area contributed by atoms with Crippen molar-refractivity contribution in [3.05, 3.63) is 40.3 Å². The van der Waals surface area contributed by atoms with Crippen LogP contribution in [0.3, 0.4) is 0 Å². The van der Waals surface area contributed by atoms with Gasteiger partial charge in [0.25, 0.3) is 0 Å². The molecule has 0 amide bonds. The minimum absolute atomic E-state index is 0.378. The molecule has 0 spiro atoms. The van der Waals surface area contributed by atoms with Gasteiger partial charge in [0.05, 0.1) is 0 Å². The van der Waals surface area contributed by atoms with Gasteiger partial charge < -0.3 is 10.4 Å². The summed E-state index contributed by atoms with van der Waals surface area (Å²) in [6.45, 7) is 4.01. The van der Waals surface area contributed by atoms with E-state index in [9.17, 15) is 5.11 Å². The van der Waals surface area contributed by atoms with Gasteiger partial charge in [0, 0.05) is 6.54 Å². The molecular weight excluding hydrogens is 274 g/mol. The van der Waals surface area contributed by atoms with E-state index in [0.717, 1.165) is 11.4 Å². The maximum absolute atomic E-state index is 10.4. The van der Waals surface area contributed by atoms with Crippen molar-refractivity contribution in [3.8, 4) is 0 Å². The maximum atomic E-state index is 10.4. The highest BCUT2D eigenvalue weighted by molar-refractivity contribution is 7.08. The number of rotatable bonds is 4. The standard InChI is InChI=1S/C13H15N5OS/c1-9-15-16-12-4-3-11(17-18(9)12)14-8-13(2,19)10-5-6-20-7-10/h3-7,19H,8H2,1-2H3,(H,14,17)/t13-/m1/s1. The highest BCUT2D eigenvalue weighted by atomic mass is 32.1. The van der Waals surface area contributed by atoms with Crippen molar-refractivity contribution in [2.75, 3.05) is 11.9 Å². The Labute approximate surface area is 120 Å². The number of hydrogen-bond acceptors (Lipinski definition) is 6. The predicted octanol–water partition coefficient (Wildman–Crippen LogP) is 1.81. The van der Waals surface area contributed by atoms with E-state index in [0.29, 0.717) is 18.0 Å². The van der Waals surface area contributed by atoms with Gasteiger partial charge in [0.1, 0.15) is 11.4 Å². The quantitative estimate of drug-likeness (QED) is 0.766. The molecule has 0 saturated carbocycles. The summed E-state index contributed by atoms with van der Waals surface area (Å²) in [7, 11) is 0. The van der Waals surface area contributed by atoms with Gasteiger partial charge in [0.15, 0.2) is 11.5 Å². The molecule has 0 aliphatic rings. The van der Waals surface area contributed by atoms with Crippen LogP contribution >= 0.6 is 11.3 Å². The number of nitrogens with zero attached hydrogens (tertiary/aromatic N) is 4. The van der Waals surface area contributed by atoms with Crippen LogP contribution in [-0.2, 0) is 5.60 Å². The Kier molecular flexibility index (Phi) is 3.15. The van der Waals surface area contributed by atoms with Gasteiger partial charge in [-0.1, -0.05) is 0 Å². The monoisotopic (exact) mass is 289 g/mol. The van der Waals surface area contributed by atoms with Crippen molar-refractivity contribution in [1.82, 2.24) is 19.8 Å². The average Bonchev–Trinajstić information content (AvgIpc) is 3.07. The van der Waals surface area contributed by atoms with Crippen molar-refractivity contribution in [2.24, 2.45) is 0 Å². The second-order valence-electron chi connectivity index (χ2n) is 4.88. The van der Waals surface area contributed by atoms with Crippen LogP contribution in [0.1, 0.15) is 18.3 Å². The Morgan fingerprint density at radius 1 is 1.35 bits per heavy atom. The summed E-state index contributed by atoms with van der Waals surface area (Å²) >= 11 is 1.57. The molecule has 0 aliphatic carbocycles. The number of fused-ring (bicyclic) bond motifs is 1. The third-order valence-electron chi connectivity index (χ3n) is 3.18. The predicted molar refractivity (Wildman–Crippen MR) is 77.9 cm³/mol. The second kappa shape index (κ2) is 4.84. The van der Waals surface area contributed by atoms with Crippen LogP contribution in [0.25, 0.3) is 5.65 Å². The zero-order chi connectivity index (χ0) is 14.2. The summed E-state index contributed by atoms with van der Waals surface area (Å²) in [5.74, 6) is 1.41. The van der Waals surface area contributed by atoms with E-state index < -0.39 is 5.60 Å². The van der Waals surface area contributed by atoms with Crippen LogP contribution in [0.5, 0.6) is 0 Å². The number of nitrogens with one attached hydrogen (secondary N) is 1. The van der Waals surface area contributed by atoms with E-state index in [1.165, 1.54) is 0 Å². The Morgan fingerprint density at radius 3 is 2.95 bits per heavy atom. The van der Waals surface area contributed by atoms with Crippen molar-refractivity contribution in [3.63, 3.8) is 0 Å². The lowest BCUT2D eigenvalue weighted by Crippen LogP contribution is -2.30. The van der Waals surface area contributed by atoms with E-state index in [2.05, 4.69) is 20.6 Å². The molecule has 0 fully saturated rings. The summed E-state index contributed by atoms with van der Waals surface area (Å²) < 4.78 is 1.67. The third kappa shape index (κ3) is 2.37.